The summed E-state index contributed by atoms with van der Waals surface area (Å²) in [6.07, 6.45) is -4.81. The smallest absolute Gasteiger partial charge is 0.341 e. The van der Waals surface area contributed by atoms with Gasteiger partial charge in [-0.3, -0.25) is 4.79 Å². The average Bonchev–Trinajstić information content (AvgIpc) is 2.53. The lowest BCUT2D eigenvalue weighted by atomic mass is 10.3. The van der Waals surface area contributed by atoms with Crippen molar-refractivity contribution < 1.29 is 18.0 Å². The summed E-state index contributed by atoms with van der Waals surface area (Å²) in [5, 5.41) is 3.61. The maximum Gasteiger partial charge on any atom is 0.471 e. The van der Waals surface area contributed by atoms with Crippen LogP contribution < -0.4 is 5.32 Å². The molecule has 1 N–H and O–H groups in total. The topological polar surface area (TPSA) is 29.1 Å². The number of alkyl halides is 3. The maximum atomic E-state index is 11.8. The summed E-state index contributed by atoms with van der Waals surface area (Å²) < 4.78 is 35.5. The van der Waals surface area contributed by atoms with Gasteiger partial charge in [-0.25, -0.2) is 0 Å². The van der Waals surface area contributed by atoms with Crippen LogP contribution in [0.25, 0.3) is 0 Å². The first-order valence-corrected chi connectivity index (χ1v) is 4.70. The number of hydrogen-bond acceptors (Lipinski definition) is 2. The Morgan fingerprint density at radius 3 is 2.64 bits per heavy atom. The Hall–Kier alpha value is -1.04. The molecule has 1 amide bonds. The molecule has 2 nitrogen and oxygen atoms in total. The zero-order chi connectivity index (χ0) is 10.8. The van der Waals surface area contributed by atoms with Crippen LogP contribution in [0, 0.1) is 0 Å². The Labute approximate surface area is 82.7 Å². The summed E-state index contributed by atoms with van der Waals surface area (Å²) in [5.74, 6) is -1.90. The summed E-state index contributed by atoms with van der Waals surface area (Å²) in [7, 11) is 0. The first kappa shape index (κ1) is 11.0. The van der Waals surface area contributed by atoms with Crippen LogP contribution in [0.3, 0.4) is 0 Å². The molecule has 0 radical (unpaired) electrons. The van der Waals surface area contributed by atoms with Crippen molar-refractivity contribution in [2.45, 2.75) is 19.1 Å². The second-order valence-electron chi connectivity index (χ2n) is 2.71. The Morgan fingerprint density at radius 2 is 2.21 bits per heavy atom. The molecule has 1 rings (SSSR count). The van der Waals surface area contributed by atoms with E-state index in [9.17, 15) is 18.0 Å². The lowest BCUT2D eigenvalue weighted by Gasteiger charge is -2.13. The van der Waals surface area contributed by atoms with Gasteiger partial charge in [0.25, 0.3) is 0 Å². The highest BCUT2D eigenvalue weighted by Gasteiger charge is 2.39. The van der Waals surface area contributed by atoms with E-state index in [0.29, 0.717) is 4.88 Å². The SMILES string of the molecule is C[C@H](NC(=O)C(F)(F)F)c1cccs1. The number of hydrogen-bond donors (Lipinski definition) is 1. The van der Waals surface area contributed by atoms with Crippen LogP contribution in [-0.2, 0) is 4.79 Å². The molecule has 6 heteroatoms. The minimum atomic E-state index is -4.81. The molecule has 0 aliphatic rings. The van der Waals surface area contributed by atoms with E-state index in [0.717, 1.165) is 0 Å². The fourth-order valence-corrected chi connectivity index (χ4v) is 1.62. The second-order valence-corrected chi connectivity index (χ2v) is 3.69. The lowest BCUT2D eigenvalue weighted by Crippen LogP contribution is -2.37. The van der Waals surface area contributed by atoms with E-state index < -0.39 is 18.1 Å². The predicted molar refractivity (Wildman–Crippen MR) is 46.9 cm³/mol. The molecule has 1 atom stereocenters. The normalized spacial score (nSPS) is 13.7. The quantitative estimate of drug-likeness (QED) is 0.820. The maximum absolute atomic E-state index is 11.8. The molecule has 14 heavy (non-hydrogen) atoms. The average molecular weight is 223 g/mol. The van der Waals surface area contributed by atoms with Crippen molar-refractivity contribution in [2.75, 3.05) is 0 Å². The third kappa shape index (κ3) is 2.73. The summed E-state index contributed by atoms with van der Waals surface area (Å²) in [6.45, 7) is 1.51. The summed E-state index contributed by atoms with van der Waals surface area (Å²) in [6, 6.07) is 2.78. The Morgan fingerprint density at radius 1 is 1.57 bits per heavy atom. The van der Waals surface area contributed by atoms with Crippen LogP contribution >= 0.6 is 11.3 Å². The van der Waals surface area contributed by atoms with Gasteiger partial charge in [0.15, 0.2) is 0 Å². The zero-order valence-electron chi connectivity index (χ0n) is 7.26. The number of halogens is 3. The van der Waals surface area contributed by atoms with Gasteiger partial charge in [-0.2, -0.15) is 13.2 Å². The van der Waals surface area contributed by atoms with E-state index in [1.54, 1.807) is 17.5 Å². The molecule has 0 spiro atoms. The van der Waals surface area contributed by atoms with Crippen molar-refractivity contribution in [1.29, 1.82) is 0 Å². The summed E-state index contributed by atoms with van der Waals surface area (Å²) >= 11 is 1.30. The highest BCUT2D eigenvalue weighted by Crippen LogP contribution is 2.21. The standard InChI is InChI=1S/C8H8F3NOS/c1-5(6-3-2-4-14-6)12-7(13)8(9,10)11/h2-5H,1H3,(H,12,13)/t5-/m0/s1. The van der Waals surface area contributed by atoms with Gasteiger partial charge < -0.3 is 5.32 Å². The van der Waals surface area contributed by atoms with Gasteiger partial charge in [0.05, 0.1) is 6.04 Å². The molecule has 0 unspecified atom stereocenters. The molecule has 0 aliphatic heterocycles. The Bertz CT molecular complexity index is 307. The molecule has 0 fully saturated rings. The number of carbonyl (C=O) groups excluding carboxylic acids is 1. The van der Waals surface area contributed by atoms with Crippen molar-refractivity contribution in [3.8, 4) is 0 Å². The molecule has 0 bridgehead atoms. The number of nitrogens with one attached hydrogen (secondary N) is 1. The highest BCUT2D eigenvalue weighted by molar-refractivity contribution is 7.10. The molecule has 1 aromatic rings. The first-order valence-electron chi connectivity index (χ1n) is 3.82. The molecular formula is C8H8F3NOS. The monoisotopic (exact) mass is 223 g/mol. The second kappa shape index (κ2) is 4.00. The first-order chi connectivity index (χ1) is 6.41. The van der Waals surface area contributed by atoms with Crippen molar-refractivity contribution in [1.82, 2.24) is 5.32 Å². The van der Waals surface area contributed by atoms with E-state index in [1.807, 2.05) is 5.32 Å². The number of thiophene rings is 1. The number of carbonyl (C=O) groups is 1. The van der Waals surface area contributed by atoms with Crippen LogP contribution in [0.1, 0.15) is 17.8 Å². The van der Waals surface area contributed by atoms with Crippen LogP contribution in [0.4, 0.5) is 13.2 Å². The Balaban J connectivity index is 2.58. The third-order valence-corrected chi connectivity index (χ3v) is 2.63. The predicted octanol–water partition coefficient (Wildman–Crippen LogP) is 2.49. The number of rotatable bonds is 2. The molecule has 0 aliphatic carbocycles. The van der Waals surface area contributed by atoms with E-state index in [4.69, 9.17) is 0 Å². The molecule has 1 heterocycles. The molecule has 78 valence electrons. The summed E-state index contributed by atoms with van der Waals surface area (Å²) in [4.78, 5) is 11.2. The molecule has 0 aromatic carbocycles. The molecular weight excluding hydrogens is 215 g/mol. The minimum Gasteiger partial charge on any atom is -0.341 e. The molecule has 0 saturated heterocycles. The van der Waals surface area contributed by atoms with E-state index in [-0.39, 0.29) is 0 Å². The summed E-state index contributed by atoms with van der Waals surface area (Å²) in [5.41, 5.74) is 0. The van der Waals surface area contributed by atoms with Gasteiger partial charge >= 0.3 is 12.1 Å². The fourth-order valence-electron chi connectivity index (χ4n) is 0.887. The van der Waals surface area contributed by atoms with Crippen molar-refractivity contribution in [3.63, 3.8) is 0 Å². The zero-order valence-corrected chi connectivity index (χ0v) is 8.08. The minimum absolute atomic E-state index is 0.607. The molecule has 1 aromatic heterocycles. The Kier molecular flexibility index (Phi) is 3.15. The van der Waals surface area contributed by atoms with Crippen molar-refractivity contribution in [3.05, 3.63) is 22.4 Å². The van der Waals surface area contributed by atoms with Crippen molar-refractivity contribution >= 4 is 17.2 Å². The fraction of sp³-hybridized carbons (Fsp3) is 0.375. The van der Waals surface area contributed by atoms with Crippen molar-refractivity contribution in [2.24, 2.45) is 0 Å². The van der Waals surface area contributed by atoms with Gasteiger partial charge in [-0.1, -0.05) is 6.07 Å². The van der Waals surface area contributed by atoms with Gasteiger partial charge in [0.1, 0.15) is 0 Å². The van der Waals surface area contributed by atoms with Crippen LogP contribution in [-0.4, -0.2) is 12.1 Å². The van der Waals surface area contributed by atoms with Gasteiger partial charge in [-0.15, -0.1) is 11.3 Å². The largest absolute Gasteiger partial charge is 0.471 e. The third-order valence-electron chi connectivity index (χ3n) is 1.58. The van der Waals surface area contributed by atoms with E-state index >= 15 is 0 Å². The highest BCUT2D eigenvalue weighted by atomic mass is 32.1. The number of amides is 1. The van der Waals surface area contributed by atoms with Crippen LogP contribution in [0.15, 0.2) is 17.5 Å². The van der Waals surface area contributed by atoms with Crippen LogP contribution in [0.2, 0.25) is 0 Å². The van der Waals surface area contributed by atoms with Gasteiger partial charge in [0, 0.05) is 4.88 Å². The van der Waals surface area contributed by atoms with E-state index in [2.05, 4.69) is 0 Å². The van der Waals surface area contributed by atoms with Gasteiger partial charge in [-0.05, 0) is 18.4 Å². The molecule has 0 saturated carbocycles. The van der Waals surface area contributed by atoms with Crippen LogP contribution in [0.5, 0.6) is 0 Å². The van der Waals surface area contributed by atoms with Gasteiger partial charge in [0.2, 0.25) is 0 Å². The lowest BCUT2D eigenvalue weighted by molar-refractivity contribution is -0.174. The van der Waals surface area contributed by atoms with E-state index in [1.165, 1.54) is 18.3 Å².